The highest BCUT2D eigenvalue weighted by atomic mass is 16.5. The number of aryl methyl sites for hydroxylation is 1. The molecule has 0 aliphatic carbocycles. The monoisotopic (exact) mass is 276 g/mol. The molecule has 5 nitrogen and oxygen atoms in total. The lowest BCUT2D eigenvalue weighted by molar-refractivity contribution is -0.120. The van der Waals surface area contributed by atoms with Crippen LogP contribution < -0.4 is 15.0 Å². The number of hydrogen-bond acceptors (Lipinski definition) is 4. The second kappa shape index (κ2) is 5.42. The average Bonchev–Trinajstić information content (AvgIpc) is 2.91. The van der Waals surface area contributed by atoms with Gasteiger partial charge in [-0.05, 0) is 30.9 Å². The number of amides is 1. The third kappa shape index (κ3) is 2.27. The van der Waals surface area contributed by atoms with Gasteiger partial charge in [0.2, 0.25) is 5.91 Å². The van der Waals surface area contributed by atoms with Crippen LogP contribution in [0.5, 0.6) is 5.75 Å². The van der Waals surface area contributed by atoms with Crippen LogP contribution in [0.15, 0.2) is 18.2 Å². The number of ether oxygens (including phenoxy) is 1. The van der Waals surface area contributed by atoms with Crippen LogP contribution in [0.3, 0.4) is 0 Å². The lowest BCUT2D eigenvalue weighted by Gasteiger charge is -2.32. The number of para-hydroxylation sites is 1. The largest absolute Gasteiger partial charge is 0.495 e. The molecule has 0 spiro atoms. The van der Waals surface area contributed by atoms with E-state index in [1.807, 2.05) is 23.1 Å². The molecule has 1 aromatic rings. The SMILES string of the molecule is COc1cccc2c1N(C(=O)C1CC(O)CN1)CCC2. The quantitative estimate of drug-likeness (QED) is 0.834. The maximum atomic E-state index is 12.7. The van der Waals surface area contributed by atoms with E-state index in [-0.39, 0.29) is 11.9 Å². The molecular weight excluding hydrogens is 256 g/mol. The fraction of sp³-hybridized carbons (Fsp3) is 0.533. The predicted octanol–water partition coefficient (Wildman–Crippen LogP) is 0.697. The van der Waals surface area contributed by atoms with Crippen molar-refractivity contribution in [2.24, 2.45) is 0 Å². The number of aliphatic hydroxyl groups is 1. The third-order valence-corrected chi connectivity index (χ3v) is 4.07. The number of anilines is 1. The summed E-state index contributed by atoms with van der Waals surface area (Å²) in [6, 6.07) is 5.61. The van der Waals surface area contributed by atoms with Crippen LogP contribution in [0.2, 0.25) is 0 Å². The summed E-state index contributed by atoms with van der Waals surface area (Å²) in [6.45, 7) is 1.20. The Bertz CT molecular complexity index is 504. The van der Waals surface area contributed by atoms with Crippen molar-refractivity contribution >= 4 is 11.6 Å². The first-order valence-electron chi connectivity index (χ1n) is 7.09. The van der Waals surface area contributed by atoms with Crippen molar-refractivity contribution in [3.8, 4) is 5.75 Å². The highest BCUT2D eigenvalue weighted by Gasteiger charge is 2.34. The predicted molar refractivity (Wildman–Crippen MR) is 76.1 cm³/mol. The van der Waals surface area contributed by atoms with Crippen molar-refractivity contribution in [2.75, 3.05) is 25.1 Å². The fourth-order valence-electron chi connectivity index (χ4n) is 3.09. The standard InChI is InChI=1S/C15H20N2O3/c1-20-13-6-2-4-10-5-3-7-17(14(10)13)15(19)12-8-11(18)9-16-12/h2,4,6,11-12,16,18H,3,5,7-9H2,1H3. The zero-order chi connectivity index (χ0) is 14.1. The van der Waals surface area contributed by atoms with E-state index in [1.54, 1.807) is 7.11 Å². The lowest BCUT2D eigenvalue weighted by atomic mass is 9.99. The second-order valence-electron chi connectivity index (χ2n) is 5.41. The molecule has 2 aliphatic heterocycles. The number of benzene rings is 1. The molecule has 20 heavy (non-hydrogen) atoms. The molecule has 1 saturated heterocycles. The molecule has 1 amide bonds. The molecule has 2 atom stereocenters. The molecule has 1 fully saturated rings. The molecule has 2 heterocycles. The molecular formula is C15H20N2O3. The Labute approximate surface area is 118 Å². The normalized spacial score (nSPS) is 25.4. The Morgan fingerprint density at radius 2 is 2.35 bits per heavy atom. The maximum Gasteiger partial charge on any atom is 0.244 e. The van der Waals surface area contributed by atoms with Crippen LogP contribution in [0.4, 0.5) is 5.69 Å². The summed E-state index contributed by atoms with van der Waals surface area (Å²) in [6.07, 6.45) is 1.99. The zero-order valence-corrected chi connectivity index (χ0v) is 11.6. The molecule has 0 saturated carbocycles. The average molecular weight is 276 g/mol. The number of nitrogens with zero attached hydrogens (tertiary/aromatic N) is 1. The van der Waals surface area contributed by atoms with Gasteiger partial charge in [-0.15, -0.1) is 0 Å². The summed E-state index contributed by atoms with van der Waals surface area (Å²) < 4.78 is 5.41. The molecule has 0 aromatic heterocycles. The number of carbonyl (C=O) groups excluding carboxylic acids is 1. The molecule has 2 aliphatic rings. The van der Waals surface area contributed by atoms with Crippen molar-refractivity contribution in [2.45, 2.75) is 31.4 Å². The van der Waals surface area contributed by atoms with Crippen molar-refractivity contribution in [3.63, 3.8) is 0 Å². The van der Waals surface area contributed by atoms with Crippen molar-refractivity contribution < 1.29 is 14.6 Å². The molecule has 0 bridgehead atoms. The highest BCUT2D eigenvalue weighted by molar-refractivity contribution is 5.99. The third-order valence-electron chi connectivity index (χ3n) is 4.07. The summed E-state index contributed by atoms with van der Waals surface area (Å²) in [7, 11) is 1.63. The van der Waals surface area contributed by atoms with Crippen LogP contribution in [-0.4, -0.2) is 43.4 Å². The summed E-state index contributed by atoms with van der Waals surface area (Å²) in [5.41, 5.74) is 2.05. The number of rotatable bonds is 2. The molecule has 108 valence electrons. The summed E-state index contributed by atoms with van der Waals surface area (Å²) >= 11 is 0. The van der Waals surface area contributed by atoms with Gasteiger partial charge in [-0.3, -0.25) is 4.79 Å². The summed E-state index contributed by atoms with van der Waals surface area (Å²) in [5.74, 6) is 0.779. The van der Waals surface area contributed by atoms with Gasteiger partial charge in [0.05, 0.1) is 24.9 Å². The van der Waals surface area contributed by atoms with Crippen LogP contribution in [0, 0.1) is 0 Å². The minimum Gasteiger partial charge on any atom is -0.495 e. The van der Waals surface area contributed by atoms with E-state index in [1.165, 1.54) is 0 Å². The van der Waals surface area contributed by atoms with Gasteiger partial charge in [0, 0.05) is 13.1 Å². The molecule has 2 unspecified atom stereocenters. The summed E-state index contributed by atoms with van der Waals surface area (Å²) in [5, 5.41) is 12.7. The Kier molecular flexibility index (Phi) is 3.63. The number of methoxy groups -OCH3 is 1. The number of aliphatic hydroxyl groups excluding tert-OH is 1. The minimum atomic E-state index is -0.425. The van der Waals surface area contributed by atoms with Gasteiger partial charge in [-0.1, -0.05) is 12.1 Å². The minimum absolute atomic E-state index is 0.0343. The van der Waals surface area contributed by atoms with E-state index in [0.717, 1.165) is 29.8 Å². The molecule has 3 rings (SSSR count). The number of hydrogen-bond donors (Lipinski definition) is 2. The van der Waals surface area contributed by atoms with Crippen LogP contribution >= 0.6 is 0 Å². The first-order chi connectivity index (χ1) is 9.70. The Hall–Kier alpha value is -1.59. The van der Waals surface area contributed by atoms with Gasteiger partial charge in [-0.2, -0.15) is 0 Å². The maximum absolute atomic E-state index is 12.7. The van der Waals surface area contributed by atoms with E-state index in [4.69, 9.17) is 4.74 Å². The number of carbonyl (C=O) groups is 1. The number of β-amino-alcohol motifs (C(OH)–C–C–N with tert-alkyl or cyclic N) is 1. The van der Waals surface area contributed by atoms with Crippen LogP contribution in [0.1, 0.15) is 18.4 Å². The van der Waals surface area contributed by atoms with E-state index in [9.17, 15) is 9.90 Å². The molecule has 5 heteroatoms. The smallest absolute Gasteiger partial charge is 0.244 e. The molecule has 2 N–H and O–H groups in total. The Morgan fingerprint density at radius 1 is 1.50 bits per heavy atom. The Morgan fingerprint density at radius 3 is 3.05 bits per heavy atom. The van der Waals surface area contributed by atoms with Gasteiger partial charge in [0.15, 0.2) is 0 Å². The van der Waals surface area contributed by atoms with Gasteiger partial charge >= 0.3 is 0 Å². The zero-order valence-electron chi connectivity index (χ0n) is 11.6. The first kappa shape index (κ1) is 13.4. The van der Waals surface area contributed by atoms with Gasteiger partial charge in [0.25, 0.3) is 0 Å². The van der Waals surface area contributed by atoms with E-state index in [2.05, 4.69) is 5.32 Å². The fourth-order valence-corrected chi connectivity index (χ4v) is 3.09. The van der Waals surface area contributed by atoms with Gasteiger partial charge < -0.3 is 20.1 Å². The van der Waals surface area contributed by atoms with Gasteiger partial charge in [-0.25, -0.2) is 0 Å². The first-order valence-corrected chi connectivity index (χ1v) is 7.09. The number of nitrogens with one attached hydrogen (secondary N) is 1. The second-order valence-corrected chi connectivity index (χ2v) is 5.41. The topological polar surface area (TPSA) is 61.8 Å². The van der Waals surface area contributed by atoms with Crippen molar-refractivity contribution in [1.82, 2.24) is 5.32 Å². The van der Waals surface area contributed by atoms with Crippen LogP contribution in [0.25, 0.3) is 0 Å². The van der Waals surface area contributed by atoms with E-state index >= 15 is 0 Å². The number of fused-ring (bicyclic) bond motifs is 1. The molecule has 1 aromatic carbocycles. The van der Waals surface area contributed by atoms with Crippen LogP contribution in [-0.2, 0) is 11.2 Å². The van der Waals surface area contributed by atoms with Gasteiger partial charge in [0.1, 0.15) is 5.75 Å². The van der Waals surface area contributed by atoms with E-state index < -0.39 is 6.10 Å². The molecule has 0 radical (unpaired) electrons. The van der Waals surface area contributed by atoms with E-state index in [0.29, 0.717) is 19.5 Å². The highest BCUT2D eigenvalue weighted by Crippen LogP contribution is 2.36. The van der Waals surface area contributed by atoms with Crippen molar-refractivity contribution in [3.05, 3.63) is 23.8 Å². The van der Waals surface area contributed by atoms with Crippen molar-refractivity contribution in [1.29, 1.82) is 0 Å². The Balaban J connectivity index is 1.91. The lowest BCUT2D eigenvalue weighted by Crippen LogP contribution is -2.46. The summed E-state index contributed by atoms with van der Waals surface area (Å²) in [4.78, 5) is 14.5.